The molecule has 17 heavy (non-hydrogen) atoms. The molecule has 1 atom stereocenters. The zero-order chi connectivity index (χ0) is 12.7. The molecular weight excluding hydrogens is 216 g/mol. The average molecular weight is 242 g/mol. The number of nitrogens with two attached hydrogens (primary N) is 1. The lowest BCUT2D eigenvalue weighted by molar-refractivity contribution is -0.124. The van der Waals surface area contributed by atoms with Gasteiger partial charge in [0.25, 0.3) is 0 Å². The van der Waals surface area contributed by atoms with Crippen LogP contribution in [0.4, 0.5) is 0 Å². The first-order valence-corrected chi connectivity index (χ1v) is 6.76. The first-order chi connectivity index (χ1) is 8.15. The summed E-state index contributed by atoms with van der Waals surface area (Å²) in [6, 6.07) is -0.110. The fourth-order valence-corrected chi connectivity index (χ4v) is 2.65. The van der Waals surface area contributed by atoms with Gasteiger partial charge in [0.05, 0.1) is 12.6 Å². The molecular formula is C13H26N2O2. The molecule has 1 fully saturated rings. The lowest BCUT2D eigenvalue weighted by Crippen LogP contribution is -2.42. The third-order valence-electron chi connectivity index (χ3n) is 3.96. The molecule has 1 saturated carbocycles. The van der Waals surface area contributed by atoms with E-state index in [0.717, 1.165) is 19.3 Å². The largest absolute Gasteiger partial charge is 0.394 e. The van der Waals surface area contributed by atoms with Gasteiger partial charge in [-0.2, -0.15) is 0 Å². The summed E-state index contributed by atoms with van der Waals surface area (Å²) in [7, 11) is 0. The number of hydrogen-bond donors (Lipinski definition) is 3. The van der Waals surface area contributed by atoms with Gasteiger partial charge in [-0.3, -0.25) is 4.79 Å². The summed E-state index contributed by atoms with van der Waals surface area (Å²) in [6.07, 6.45) is 7.03. The molecule has 0 spiro atoms. The molecule has 100 valence electrons. The molecule has 0 bridgehead atoms. The Bertz CT molecular complexity index is 234. The van der Waals surface area contributed by atoms with E-state index in [2.05, 4.69) is 5.32 Å². The summed E-state index contributed by atoms with van der Waals surface area (Å²) in [6.45, 7) is 2.56. The second-order valence-corrected chi connectivity index (χ2v) is 5.30. The molecule has 1 amide bonds. The number of rotatable bonds is 6. The van der Waals surface area contributed by atoms with E-state index >= 15 is 0 Å². The Labute approximate surface area is 104 Å². The molecule has 0 saturated heterocycles. The maximum absolute atomic E-state index is 11.9. The lowest BCUT2D eigenvalue weighted by Gasteiger charge is -2.36. The van der Waals surface area contributed by atoms with Gasteiger partial charge in [0, 0.05) is 6.42 Å². The van der Waals surface area contributed by atoms with Crippen LogP contribution in [0.2, 0.25) is 0 Å². The molecule has 0 aromatic heterocycles. The maximum atomic E-state index is 11.9. The van der Waals surface area contributed by atoms with Crippen LogP contribution >= 0.6 is 0 Å². The highest BCUT2D eigenvalue weighted by atomic mass is 16.3. The van der Waals surface area contributed by atoms with Crippen LogP contribution in [-0.4, -0.2) is 30.2 Å². The van der Waals surface area contributed by atoms with Gasteiger partial charge >= 0.3 is 0 Å². The van der Waals surface area contributed by atoms with E-state index in [1.165, 1.54) is 19.3 Å². The molecule has 0 heterocycles. The smallest absolute Gasteiger partial charge is 0.220 e. The van der Waals surface area contributed by atoms with Gasteiger partial charge in [0.2, 0.25) is 5.91 Å². The maximum Gasteiger partial charge on any atom is 0.220 e. The molecule has 4 nitrogen and oxygen atoms in total. The molecule has 0 aromatic rings. The summed E-state index contributed by atoms with van der Waals surface area (Å²) in [5.74, 6) is 0.0400. The first-order valence-electron chi connectivity index (χ1n) is 6.76. The SMILES string of the molecule is CC[C@@H](CO)NC(=O)CC1(CN)CCCCC1. The third-order valence-corrected chi connectivity index (χ3v) is 3.96. The second-order valence-electron chi connectivity index (χ2n) is 5.30. The zero-order valence-corrected chi connectivity index (χ0v) is 10.9. The predicted octanol–water partition coefficient (Wildman–Crippen LogP) is 1.17. The fourth-order valence-electron chi connectivity index (χ4n) is 2.65. The Morgan fingerprint density at radius 1 is 1.41 bits per heavy atom. The normalized spacial score (nSPS) is 20.9. The van der Waals surface area contributed by atoms with Gasteiger partial charge in [-0.1, -0.05) is 26.2 Å². The second kappa shape index (κ2) is 6.97. The van der Waals surface area contributed by atoms with E-state index in [1.54, 1.807) is 0 Å². The molecule has 0 aliphatic heterocycles. The molecule has 1 rings (SSSR count). The Morgan fingerprint density at radius 2 is 2.06 bits per heavy atom. The summed E-state index contributed by atoms with van der Waals surface area (Å²) in [5, 5.41) is 11.9. The number of carbonyl (C=O) groups excluding carboxylic acids is 1. The van der Waals surface area contributed by atoms with Crippen molar-refractivity contribution < 1.29 is 9.90 Å². The quantitative estimate of drug-likeness (QED) is 0.654. The van der Waals surface area contributed by atoms with Crippen molar-refractivity contribution >= 4 is 5.91 Å². The highest BCUT2D eigenvalue weighted by Crippen LogP contribution is 2.38. The van der Waals surface area contributed by atoms with Gasteiger partial charge in [-0.05, 0) is 31.2 Å². The fraction of sp³-hybridized carbons (Fsp3) is 0.923. The average Bonchev–Trinajstić information content (AvgIpc) is 2.37. The summed E-state index contributed by atoms with van der Waals surface area (Å²) in [4.78, 5) is 11.9. The standard InChI is InChI=1S/C13H26N2O2/c1-2-11(9-16)15-12(17)8-13(10-14)6-4-3-5-7-13/h11,16H,2-10,14H2,1H3,(H,15,17)/t11-/m0/s1. The van der Waals surface area contributed by atoms with Crippen molar-refractivity contribution in [3.8, 4) is 0 Å². The number of aliphatic hydroxyl groups excluding tert-OH is 1. The number of nitrogens with one attached hydrogen (secondary N) is 1. The van der Waals surface area contributed by atoms with Crippen LogP contribution in [0.25, 0.3) is 0 Å². The monoisotopic (exact) mass is 242 g/mol. The topological polar surface area (TPSA) is 75.3 Å². The summed E-state index contributed by atoms with van der Waals surface area (Å²) < 4.78 is 0. The third kappa shape index (κ3) is 4.28. The lowest BCUT2D eigenvalue weighted by atomic mass is 9.71. The van der Waals surface area contributed by atoms with E-state index in [4.69, 9.17) is 10.8 Å². The van der Waals surface area contributed by atoms with E-state index in [1.807, 2.05) is 6.92 Å². The predicted molar refractivity (Wildman–Crippen MR) is 68.5 cm³/mol. The van der Waals surface area contributed by atoms with Crippen LogP contribution in [0.3, 0.4) is 0 Å². The molecule has 0 unspecified atom stereocenters. The number of hydrogen-bond acceptors (Lipinski definition) is 3. The van der Waals surface area contributed by atoms with Gasteiger partial charge in [0.1, 0.15) is 0 Å². The van der Waals surface area contributed by atoms with Gasteiger partial charge in [-0.25, -0.2) is 0 Å². The first kappa shape index (κ1) is 14.5. The van der Waals surface area contributed by atoms with E-state index in [0.29, 0.717) is 13.0 Å². The van der Waals surface area contributed by atoms with Crippen LogP contribution < -0.4 is 11.1 Å². The van der Waals surface area contributed by atoms with Crippen molar-refractivity contribution in [2.45, 2.75) is 57.9 Å². The minimum Gasteiger partial charge on any atom is -0.394 e. The van der Waals surface area contributed by atoms with Gasteiger partial charge in [0.15, 0.2) is 0 Å². The minimum absolute atomic E-state index is 0.0100. The van der Waals surface area contributed by atoms with Crippen LogP contribution in [0.15, 0.2) is 0 Å². The van der Waals surface area contributed by atoms with Crippen LogP contribution in [-0.2, 0) is 4.79 Å². The Hall–Kier alpha value is -0.610. The molecule has 4 N–H and O–H groups in total. The summed E-state index contributed by atoms with van der Waals surface area (Å²) >= 11 is 0. The Kier molecular flexibility index (Phi) is 5.92. The number of carbonyl (C=O) groups is 1. The number of aliphatic hydroxyl groups is 1. The minimum atomic E-state index is -0.110. The van der Waals surface area contributed by atoms with Crippen molar-refractivity contribution in [3.63, 3.8) is 0 Å². The molecule has 4 heteroatoms. The van der Waals surface area contributed by atoms with Crippen LogP contribution in [0, 0.1) is 5.41 Å². The summed E-state index contributed by atoms with van der Waals surface area (Å²) in [5.41, 5.74) is 5.86. The van der Waals surface area contributed by atoms with Crippen LogP contribution in [0.5, 0.6) is 0 Å². The molecule has 1 aliphatic rings. The zero-order valence-electron chi connectivity index (χ0n) is 10.9. The van der Waals surface area contributed by atoms with Crippen molar-refractivity contribution in [1.29, 1.82) is 0 Å². The Balaban J connectivity index is 2.47. The van der Waals surface area contributed by atoms with Gasteiger partial charge in [-0.15, -0.1) is 0 Å². The molecule has 0 aromatic carbocycles. The van der Waals surface area contributed by atoms with E-state index in [-0.39, 0.29) is 24.0 Å². The molecule has 1 aliphatic carbocycles. The van der Waals surface area contributed by atoms with Gasteiger partial charge < -0.3 is 16.2 Å². The Morgan fingerprint density at radius 3 is 2.53 bits per heavy atom. The van der Waals surface area contributed by atoms with E-state index in [9.17, 15) is 4.79 Å². The highest BCUT2D eigenvalue weighted by Gasteiger charge is 2.33. The van der Waals surface area contributed by atoms with Crippen molar-refractivity contribution in [3.05, 3.63) is 0 Å². The van der Waals surface area contributed by atoms with Crippen molar-refractivity contribution in [2.75, 3.05) is 13.2 Å². The molecule has 0 radical (unpaired) electrons. The number of amides is 1. The van der Waals surface area contributed by atoms with E-state index < -0.39 is 0 Å². The van der Waals surface area contributed by atoms with Crippen LogP contribution in [0.1, 0.15) is 51.9 Å². The van der Waals surface area contributed by atoms with Crippen molar-refractivity contribution in [1.82, 2.24) is 5.32 Å². The highest BCUT2D eigenvalue weighted by molar-refractivity contribution is 5.77. The van der Waals surface area contributed by atoms with Crippen molar-refractivity contribution in [2.24, 2.45) is 11.1 Å².